The van der Waals surface area contributed by atoms with Crippen molar-refractivity contribution in [3.05, 3.63) is 22.8 Å². The van der Waals surface area contributed by atoms with Gasteiger partial charge in [0.25, 0.3) is 0 Å². The quantitative estimate of drug-likeness (QED) is 0.814. The van der Waals surface area contributed by atoms with Gasteiger partial charge in [-0.1, -0.05) is 0 Å². The van der Waals surface area contributed by atoms with Crippen molar-refractivity contribution in [1.82, 2.24) is 5.32 Å². The maximum Gasteiger partial charge on any atom is 0.217 e. The monoisotopic (exact) mass is 401 g/mol. The van der Waals surface area contributed by atoms with Crippen LogP contribution in [0.1, 0.15) is 30.9 Å². The van der Waals surface area contributed by atoms with Gasteiger partial charge in [-0.25, -0.2) is 0 Å². The Balaban J connectivity index is 1.93. The molecule has 29 heavy (non-hydrogen) atoms. The van der Waals surface area contributed by atoms with Gasteiger partial charge in [0.2, 0.25) is 11.7 Å². The zero-order chi connectivity index (χ0) is 20.9. The summed E-state index contributed by atoms with van der Waals surface area (Å²) < 4.78 is 22.4. The molecular formula is C22H27NO6. The Labute approximate surface area is 170 Å². The predicted molar refractivity (Wildman–Crippen MR) is 106 cm³/mol. The van der Waals surface area contributed by atoms with E-state index in [4.69, 9.17) is 18.9 Å². The van der Waals surface area contributed by atoms with Crippen LogP contribution in [-0.2, 0) is 20.7 Å². The van der Waals surface area contributed by atoms with Crippen LogP contribution >= 0.6 is 0 Å². The van der Waals surface area contributed by atoms with Crippen LogP contribution in [0, 0.1) is 11.8 Å². The van der Waals surface area contributed by atoms with E-state index in [0.29, 0.717) is 30.1 Å². The Bertz CT molecular complexity index is 905. The number of benzene rings is 1. The van der Waals surface area contributed by atoms with Gasteiger partial charge < -0.3 is 24.3 Å². The molecule has 3 aliphatic carbocycles. The van der Waals surface area contributed by atoms with Gasteiger partial charge in [-0.2, -0.15) is 0 Å². The van der Waals surface area contributed by atoms with Crippen molar-refractivity contribution in [3.63, 3.8) is 0 Å². The first kappa shape index (κ1) is 19.8. The summed E-state index contributed by atoms with van der Waals surface area (Å²) in [6.07, 6.45) is 1.66. The van der Waals surface area contributed by atoms with Crippen molar-refractivity contribution in [2.75, 3.05) is 28.4 Å². The van der Waals surface area contributed by atoms with Gasteiger partial charge in [0.15, 0.2) is 17.3 Å². The van der Waals surface area contributed by atoms with Gasteiger partial charge in [0.05, 0.1) is 33.3 Å². The normalized spacial score (nSPS) is 27.3. The number of aryl methyl sites for hydroxylation is 1. The maximum absolute atomic E-state index is 12.9. The Morgan fingerprint density at radius 3 is 2.41 bits per heavy atom. The number of allylic oxidation sites excluding steroid dienone is 1. The Morgan fingerprint density at radius 2 is 1.83 bits per heavy atom. The molecule has 0 spiro atoms. The number of nitrogens with one attached hydrogen (secondary N) is 1. The van der Waals surface area contributed by atoms with Gasteiger partial charge in [-0.3, -0.25) is 9.59 Å². The molecule has 1 N–H and O–H groups in total. The molecule has 3 aliphatic rings. The highest BCUT2D eigenvalue weighted by molar-refractivity contribution is 6.02. The van der Waals surface area contributed by atoms with E-state index >= 15 is 0 Å². The second kappa shape index (κ2) is 7.37. The standard InChI is InChI=1S/C22H27NO6/c1-10(24)23-13-7-6-11-8-15(27-3)21(28-4)22(29-5)16(11)17-12-9-14(26-2)20(25)18(12)19(13)17/h8,12-14,18H,6-7,9H2,1-5H3,(H,23,24). The predicted octanol–water partition coefficient (Wildman–Crippen LogP) is 2.15. The lowest BCUT2D eigenvalue weighted by molar-refractivity contribution is -0.128. The third-order valence-electron chi connectivity index (χ3n) is 6.43. The van der Waals surface area contributed by atoms with E-state index < -0.39 is 6.10 Å². The molecule has 1 saturated carbocycles. The highest BCUT2D eigenvalue weighted by Gasteiger charge is 2.56. The molecule has 0 saturated heterocycles. The lowest BCUT2D eigenvalue weighted by Crippen LogP contribution is -2.44. The summed E-state index contributed by atoms with van der Waals surface area (Å²) in [7, 11) is 6.38. The maximum atomic E-state index is 12.9. The van der Waals surface area contributed by atoms with Crippen molar-refractivity contribution in [2.45, 2.75) is 38.3 Å². The zero-order valence-corrected chi connectivity index (χ0v) is 17.5. The van der Waals surface area contributed by atoms with Crippen LogP contribution in [0.15, 0.2) is 11.6 Å². The van der Waals surface area contributed by atoms with E-state index in [-0.39, 0.29) is 29.6 Å². The molecule has 0 radical (unpaired) electrons. The van der Waals surface area contributed by atoms with E-state index in [1.54, 1.807) is 28.4 Å². The second-order valence-electron chi connectivity index (χ2n) is 7.79. The fourth-order valence-electron chi connectivity index (χ4n) is 5.32. The number of amides is 1. The lowest BCUT2D eigenvalue weighted by Gasteiger charge is -2.40. The molecule has 1 aromatic rings. The number of carbonyl (C=O) groups is 2. The van der Waals surface area contributed by atoms with Crippen LogP contribution in [0.2, 0.25) is 0 Å². The lowest BCUT2D eigenvalue weighted by atomic mass is 9.64. The van der Waals surface area contributed by atoms with Gasteiger partial charge in [0, 0.05) is 25.5 Å². The SMILES string of the molecule is COc1cc2c(c(OC)c1OC)C1=C(C(NC(C)=O)CC2)C2C(=O)C(OC)CC12. The molecule has 1 fully saturated rings. The molecule has 1 aromatic carbocycles. The van der Waals surface area contributed by atoms with Gasteiger partial charge in [0.1, 0.15) is 6.10 Å². The number of hydrogen-bond acceptors (Lipinski definition) is 6. The third-order valence-corrected chi connectivity index (χ3v) is 6.43. The fourth-order valence-corrected chi connectivity index (χ4v) is 5.32. The average Bonchev–Trinajstić information content (AvgIpc) is 2.89. The highest BCUT2D eigenvalue weighted by Crippen LogP contribution is 2.60. The number of methoxy groups -OCH3 is 4. The number of fused-ring (bicyclic) bond motifs is 5. The van der Waals surface area contributed by atoms with Gasteiger partial charge >= 0.3 is 0 Å². The van der Waals surface area contributed by atoms with Crippen LogP contribution in [0.25, 0.3) is 5.57 Å². The molecule has 4 rings (SSSR count). The second-order valence-corrected chi connectivity index (χ2v) is 7.79. The molecule has 7 heteroatoms. The first-order valence-electron chi connectivity index (χ1n) is 9.86. The molecule has 0 heterocycles. The Hall–Kier alpha value is -2.54. The number of hydrogen-bond donors (Lipinski definition) is 1. The molecule has 0 aromatic heterocycles. The number of rotatable bonds is 5. The minimum Gasteiger partial charge on any atom is -0.493 e. The number of ether oxygens (including phenoxy) is 4. The molecule has 4 atom stereocenters. The summed E-state index contributed by atoms with van der Waals surface area (Å²) in [5.74, 6) is 1.61. The first-order valence-corrected chi connectivity index (χ1v) is 9.86. The molecule has 156 valence electrons. The summed E-state index contributed by atoms with van der Waals surface area (Å²) in [6.45, 7) is 1.51. The molecule has 1 amide bonds. The summed E-state index contributed by atoms with van der Waals surface area (Å²) in [6, 6.07) is 1.80. The topological polar surface area (TPSA) is 83.1 Å². The summed E-state index contributed by atoms with van der Waals surface area (Å²) in [4.78, 5) is 24.8. The summed E-state index contributed by atoms with van der Waals surface area (Å²) in [5, 5.41) is 3.06. The number of Topliss-reactive ketones (excluding diaryl/α,β-unsaturated/α-hetero) is 1. The largest absolute Gasteiger partial charge is 0.493 e. The Kier molecular flexibility index (Phi) is 5.02. The minimum absolute atomic E-state index is 0.0579. The Morgan fingerprint density at radius 1 is 1.10 bits per heavy atom. The van der Waals surface area contributed by atoms with Crippen molar-refractivity contribution in [3.8, 4) is 17.2 Å². The van der Waals surface area contributed by atoms with Crippen LogP contribution in [0.5, 0.6) is 17.2 Å². The smallest absolute Gasteiger partial charge is 0.217 e. The van der Waals surface area contributed by atoms with Crippen LogP contribution < -0.4 is 19.5 Å². The van der Waals surface area contributed by atoms with E-state index in [9.17, 15) is 9.59 Å². The van der Waals surface area contributed by atoms with Gasteiger partial charge in [-0.05, 0) is 42.0 Å². The van der Waals surface area contributed by atoms with Crippen molar-refractivity contribution < 1.29 is 28.5 Å². The highest BCUT2D eigenvalue weighted by atomic mass is 16.5. The molecule has 0 aliphatic heterocycles. The van der Waals surface area contributed by atoms with Crippen molar-refractivity contribution in [1.29, 1.82) is 0 Å². The summed E-state index contributed by atoms with van der Waals surface area (Å²) in [5.41, 5.74) is 4.14. The van der Waals surface area contributed by atoms with Crippen molar-refractivity contribution >= 4 is 17.3 Å². The van der Waals surface area contributed by atoms with E-state index in [1.807, 2.05) is 6.07 Å². The molecular weight excluding hydrogens is 374 g/mol. The third kappa shape index (κ3) is 2.82. The van der Waals surface area contributed by atoms with E-state index in [1.165, 1.54) is 6.92 Å². The number of ketones is 1. The van der Waals surface area contributed by atoms with Crippen LogP contribution in [0.3, 0.4) is 0 Å². The van der Waals surface area contributed by atoms with E-state index in [0.717, 1.165) is 28.7 Å². The van der Waals surface area contributed by atoms with Crippen molar-refractivity contribution in [2.24, 2.45) is 11.8 Å². The minimum atomic E-state index is -0.413. The van der Waals surface area contributed by atoms with Crippen LogP contribution in [0.4, 0.5) is 0 Å². The molecule has 0 bridgehead atoms. The number of carbonyl (C=O) groups excluding carboxylic acids is 2. The average molecular weight is 401 g/mol. The fraction of sp³-hybridized carbons (Fsp3) is 0.545. The molecule has 4 unspecified atom stereocenters. The van der Waals surface area contributed by atoms with Gasteiger partial charge in [-0.15, -0.1) is 0 Å². The van der Waals surface area contributed by atoms with Crippen LogP contribution in [-0.4, -0.2) is 52.3 Å². The van der Waals surface area contributed by atoms with E-state index in [2.05, 4.69) is 5.32 Å². The molecule has 7 nitrogen and oxygen atoms in total. The first-order chi connectivity index (χ1) is 14.0. The summed E-state index contributed by atoms with van der Waals surface area (Å²) >= 11 is 0. The zero-order valence-electron chi connectivity index (χ0n) is 17.5.